The van der Waals surface area contributed by atoms with Crippen LogP contribution in [0.15, 0.2) is 35.3 Å². The summed E-state index contributed by atoms with van der Waals surface area (Å²) < 4.78 is 1.99. The minimum atomic E-state index is -1.16. The standard InChI is InChI=1S/C22H22N2O3S.ClH/c1-23-17-3-2-4-19-15(17)10-20(28-19)12-5-8-14-18(9-12)24(13-6-7-13)11-16(21(14)25)22(26)27;/h5,8-11,13,17,23H,2-4,6-7H2,1H3,(H,26,27);1H. The van der Waals surface area contributed by atoms with Gasteiger partial charge in [-0.15, -0.1) is 23.7 Å². The van der Waals surface area contributed by atoms with Gasteiger partial charge in [-0.2, -0.15) is 0 Å². The van der Waals surface area contributed by atoms with E-state index < -0.39 is 11.4 Å². The van der Waals surface area contributed by atoms with Gasteiger partial charge >= 0.3 is 5.97 Å². The van der Waals surface area contributed by atoms with Gasteiger partial charge in [-0.05, 0) is 68.5 Å². The van der Waals surface area contributed by atoms with Gasteiger partial charge in [0.15, 0.2) is 0 Å². The van der Waals surface area contributed by atoms with Crippen LogP contribution in [0.4, 0.5) is 0 Å². The number of fused-ring (bicyclic) bond motifs is 2. The van der Waals surface area contributed by atoms with Crippen LogP contribution in [0.3, 0.4) is 0 Å². The lowest BCUT2D eigenvalue weighted by molar-refractivity contribution is 0.0695. The van der Waals surface area contributed by atoms with Crippen molar-refractivity contribution in [2.75, 3.05) is 7.05 Å². The number of rotatable bonds is 4. The molecule has 2 N–H and O–H groups in total. The summed E-state index contributed by atoms with van der Waals surface area (Å²) in [7, 11) is 2.02. The Labute approximate surface area is 178 Å². The Hall–Kier alpha value is -2.15. The van der Waals surface area contributed by atoms with Crippen LogP contribution in [-0.2, 0) is 6.42 Å². The monoisotopic (exact) mass is 430 g/mol. The second kappa shape index (κ2) is 7.59. The highest BCUT2D eigenvalue weighted by Gasteiger charge is 2.27. The fourth-order valence-electron chi connectivity index (χ4n) is 4.31. The molecule has 2 aromatic heterocycles. The molecule has 0 radical (unpaired) electrons. The van der Waals surface area contributed by atoms with E-state index in [1.165, 1.54) is 27.9 Å². The number of aromatic nitrogens is 1. The van der Waals surface area contributed by atoms with E-state index in [1.807, 2.05) is 29.0 Å². The molecule has 0 saturated heterocycles. The molecular weight excluding hydrogens is 408 g/mol. The van der Waals surface area contributed by atoms with Gasteiger partial charge in [0.05, 0.1) is 5.52 Å². The van der Waals surface area contributed by atoms with Gasteiger partial charge in [0.25, 0.3) is 0 Å². The zero-order valence-electron chi connectivity index (χ0n) is 16.1. The second-order valence-corrected chi connectivity index (χ2v) is 8.91. The quantitative estimate of drug-likeness (QED) is 0.624. The fourth-order valence-corrected chi connectivity index (χ4v) is 5.57. The van der Waals surface area contributed by atoms with Crippen molar-refractivity contribution < 1.29 is 9.90 Å². The molecule has 0 spiro atoms. The summed E-state index contributed by atoms with van der Waals surface area (Å²) in [5.74, 6) is -1.16. The SMILES string of the molecule is CNC1CCCc2sc(-c3ccc4c(=O)c(C(=O)O)cn(C5CC5)c4c3)cc21.Cl. The maximum absolute atomic E-state index is 12.7. The molecule has 2 heterocycles. The van der Waals surface area contributed by atoms with Crippen LogP contribution in [-0.4, -0.2) is 22.7 Å². The Balaban J connectivity index is 0.00000205. The van der Waals surface area contributed by atoms with E-state index >= 15 is 0 Å². The number of carboxylic acid groups (broad SMARTS) is 1. The number of carboxylic acids is 1. The molecule has 0 bridgehead atoms. The molecule has 3 aromatic rings. The van der Waals surface area contributed by atoms with Gasteiger partial charge in [0, 0.05) is 33.4 Å². The lowest BCUT2D eigenvalue weighted by Crippen LogP contribution is -2.19. The highest BCUT2D eigenvalue weighted by molar-refractivity contribution is 7.15. The van der Waals surface area contributed by atoms with E-state index in [4.69, 9.17) is 0 Å². The number of aryl methyl sites for hydroxylation is 1. The van der Waals surface area contributed by atoms with Crippen molar-refractivity contribution in [1.82, 2.24) is 9.88 Å². The molecule has 5 rings (SSSR count). The maximum Gasteiger partial charge on any atom is 0.341 e. The van der Waals surface area contributed by atoms with Gasteiger partial charge in [-0.25, -0.2) is 4.79 Å². The lowest BCUT2D eigenvalue weighted by Gasteiger charge is -2.21. The topological polar surface area (TPSA) is 71.3 Å². The van der Waals surface area contributed by atoms with Crippen LogP contribution in [0.5, 0.6) is 0 Å². The number of benzene rings is 1. The van der Waals surface area contributed by atoms with Crippen molar-refractivity contribution in [3.05, 3.63) is 56.7 Å². The summed E-state index contributed by atoms with van der Waals surface area (Å²) in [5.41, 5.74) is 2.79. The van der Waals surface area contributed by atoms with Crippen molar-refractivity contribution in [1.29, 1.82) is 0 Å². The molecular formula is C22H23ClN2O3S. The zero-order valence-corrected chi connectivity index (χ0v) is 17.7. The number of nitrogens with zero attached hydrogens (tertiary/aromatic N) is 1. The highest BCUT2D eigenvalue weighted by Crippen LogP contribution is 2.41. The molecule has 2 aliphatic carbocycles. The smallest absolute Gasteiger partial charge is 0.341 e. The first kappa shape index (κ1) is 20.1. The third-order valence-corrected chi connectivity index (χ3v) is 7.21. The average Bonchev–Trinajstić information content (AvgIpc) is 3.44. The van der Waals surface area contributed by atoms with E-state index in [1.54, 1.807) is 6.07 Å². The minimum Gasteiger partial charge on any atom is -0.477 e. The van der Waals surface area contributed by atoms with Crippen LogP contribution < -0.4 is 10.7 Å². The van der Waals surface area contributed by atoms with E-state index in [9.17, 15) is 14.7 Å². The van der Waals surface area contributed by atoms with E-state index in [-0.39, 0.29) is 18.0 Å². The van der Waals surface area contributed by atoms with E-state index in [2.05, 4.69) is 17.4 Å². The number of aromatic carboxylic acids is 1. The first-order chi connectivity index (χ1) is 13.6. The summed E-state index contributed by atoms with van der Waals surface area (Å²) in [6.45, 7) is 0. The molecule has 1 aromatic carbocycles. The average molecular weight is 431 g/mol. The predicted molar refractivity (Wildman–Crippen MR) is 119 cm³/mol. The van der Waals surface area contributed by atoms with Crippen molar-refractivity contribution in [2.45, 2.75) is 44.2 Å². The van der Waals surface area contributed by atoms with Gasteiger partial charge in [-0.1, -0.05) is 6.07 Å². The summed E-state index contributed by atoms with van der Waals surface area (Å²) >= 11 is 1.84. The third kappa shape index (κ3) is 3.39. The van der Waals surface area contributed by atoms with Gasteiger partial charge in [0.1, 0.15) is 5.56 Å². The molecule has 1 unspecified atom stereocenters. The van der Waals surface area contributed by atoms with Gasteiger partial charge < -0.3 is 15.0 Å². The van der Waals surface area contributed by atoms with Crippen LogP contribution in [0, 0.1) is 0 Å². The second-order valence-electron chi connectivity index (χ2n) is 7.77. The maximum atomic E-state index is 12.7. The predicted octanol–water partition coefficient (Wildman–Crippen LogP) is 4.78. The molecule has 152 valence electrons. The van der Waals surface area contributed by atoms with Crippen molar-refractivity contribution in [3.63, 3.8) is 0 Å². The molecule has 1 atom stereocenters. The Morgan fingerprint density at radius 3 is 2.72 bits per heavy atom. The highest BCUT2D eigenvalue weighted by atomic mass is 35.5. The number of halogens is 1. The summed E-state index contributed by atoms with van der Waals surface area (Å²) in [5, 5.41) is 13.3. The lowest BCUT2D eigenvalue weighted by atomic mass is 9.93. The number of hydrogen-bond donors (Lipinski definition) is 2. The number of pyridine rings is 1. The molecule has 7 heteroatoms. The number of thiophene rings is 1. The molecule has 2 aliphatic rings. The zero-order chi connectivity index (χ0) is 19.4. The summed E-state index contributed by atoms with van der Waals surface area (Å²) in [6, 6.07) is 8.81. The van der Waals surface area contributed by atoms with Crippen LogP contribution in [0.1, 0.15) is 58.6 Å². The largest absolute Gasteiger partial charge is 0.477 e. The van der Waals surface area contributed by atoms with Crippen molar-refractivity contribution in [3.8, 4) is 10.4 Å². The fraction of sp³-hybridized carbons (Fsp3) is 0.364. The first-order valence-electron chi connectivity index (χ1n) is 9.79. The van der Waals surface area contributed by atoms with Crippen LogP contribution in [0.25, 0.3) is 21.3 Å². The molecule has 0 aliphatic heterocycles. The summed E-state index contributed by atoms with van der Waals surface area (Å²) in [6.07, 6.45) is 7.08. The molecule has 29 heavy (non-hydrogen) atoms. The first-order valence-corrected chi connectivity index (χ1v) is 10.6. The number of hydrogen-bond acceptors (Lipinski definition) is 4. The van der Waals surface area contributed by atoms with Gasteiger partial charge in [-0.3, -0.25) is 4.79 Å². The van der Waals surface area contributed by atoms with Crippen molar-refractivity contribution >= 4 is 40.6 Å². The van der Waals surface area contributed by atoms with E-state index in [0.29, 0.717) is 17.5 Å². The normalized spacial score (nSPS) is 18.3. The van der Waals surface area contributed by atoms with Crippen LogP contribution >= 0.6 is 23.7 Å². The van der Waals surface area contributed by atoms with Crippen LogP contribution in [0.2, 0.25) is 0 Å². The number of nitrogens with one attached hydrogen (secondary N) is 1. The third-order valence-electron chi connectivity index (χ3n) is 5.95. The minimum absolute atomic E-state index is 0. The van der Waals surface area contributed by atoms with Crippen molar-refractivity contribution in [2.24, 2.45) is 0 Å². The molecule has 5 nitrogen and oxygen atoms in total. The Morgan fingerprint density at radius 1 is 1.24 bits per heavy atom. The Morgan fingerprint density at radius 2 is 2.03 bits per heavy atom. The summed E-state index contributed by atoms with van der Waals surface area (Å²) in [4.78, 5) is 26.8. The van der Waals surface area contributed by atoms with E-state index in [0.717, 1.165) is 36.8 Å². The molecule has 1 saturated carbocycles. The Bertz CT molecular complexity index is 1160. The Kier molecular flexibility index (Phi) is 5.27. The molecule has 0 amide bonds. The van der Waals surface area contributed by atoms with Gasteiger partial charge in [0.2, 0.25) is 5.43 Å². The molecule has 1 fully saturated rings. The number of carbonyl (C=O) groups is 1.